The first-order valence-electron chi connectivity index (χ1n) is 24.7. The highest BCUT2D eigenvalue weighted by atomic mass is 16.3. The van der Waals surface area contributed by atoms with Gasteiger partial charge in [-0.25, -0.2) is 15.0 Å². The zero-order valence-corrected chi connectivity index (χ0v) is 42.8. The molecule has 0 saturated carbocycles. The van der Waals surface area contributed by atoms with Gasteiger partial charge < -0.3 is 69.8 Å². The maximum atomic E-state index is 14.3. The third kappa shape index (κ3) is 19.7. The molecule has 0 radical (unpaired) electrons. The number of benzene rings is 3. The Balaban J connectivity index is 1.43. The van der Waals surface area contributed by atoms with E-state index in [-0.39, 0.29) is 63.6 Å². The lowest BCUT2D eigenvalue weighted by atomic mass is 9.99. The highest BCUT2D eigenvalue weighted by Gasteiger charge is 2.35. The van der Waals surface area contributed by atoms with Crippen LogP contribution in [0.1, 0.15) is 56.2 Å². The first-order chi connectivity index (χ1) is 36.3. The van der Waals surface area contributed by atoms with Gasteiger partial charge in [-0.2, -0.15) is 0 Å². The predicted octanol–water partition coefficient (Wildman–Crippen LogP) is -1.66. The molecule has 0 spiro atoms. The van der Waals surface area contributed by atoms with Crippen LogP contribution in [-0.4, -0.2) is 144 Å². The number of Topliss-reactive ketones (excluding diaryl/α,β-unsaturated/α-hetero) is 1. The number of nitrogens with zero attached hydrogens (tertiary/aromatic N) is 2. The van der Waals surface area contributed by atoms with Crippen LogP contribution in [0.5, 0.6) is 0 Å². The van der Waals surface area contributed by atoms with Crippen molar-refractivity contribution < 1.29 is 48.3 Å². The highest BCUT2D eigenvalue weighted by molar-refractivity contribution is 5.97. The number of hydrazine groups is 1. The number of H-pyrrole nitrogens is 1. The minimum Gasteiger partial charge on any atom is -0.394 e. The highest BCUT2D eigenvalue weighted by Crippen LogP contribution is 2.18. The van der Waals surface area contributed by atoms with Gasteiger partial charge in [0.2, 0.25) is 29.5 Å². The average molecular weight is 1050 g/mol. The van der Waals surface area contributed by atoms with E-state index < -0.39 is 103 Å². The zero-order chi connectivity index (χ0) is 55.7. The van der Waals surface area contributed by atoms with E-state index in [1.165, 1.54) is 7.05 Å². The first kappa shape index (κ1) is 60.0. The molecule has 0 aliphatic rings. The topological polar surface area (TPSA) is 406 Å². The molecule has 25 nitrogen and oxygen atoms in total. The number of hydrogen-bond donors (Lipinski definition) is 14. The van der Waals surface area contributed by atoms with Crippen LogP contribution >= 0.6 is 0 Å². The molecule has 0 aliphatic carbocycles. The molecule has 4 rings (SSSR count). The van der Waals surface area contributed by atoms with E-state index in [4.69, 9.17) is 22.9 Å². The Morgan fingerprint density at radius 1 is 0.671 bits per heavy atom. The number of nitrogens with two attached hydrogens (primary N) is 4. The molecule has 0 aliphatic heterocycles. The molecule has 0 fully saturated rings. The van der Waals surface area contributed by atoms with Gasteiger partial charge in [-0.3, -0.25) is 44.0 Å². The quantitative estimate of drug-likeness (QED) is 0.0126. The molecule has 25 heteroatoms. The van der Waals surface area contributed by atoms with Crippen molar-refractivity contribution in [1.82, 2.24) is 52.6 Å². The predicted molar refractivity (Wildman–Crippen MR) is 283 cm³/mol. The van der Waals surface area contributed by atoms with Gasteiger partial charge in [-0.05, 0) is 60.8 Å². The van der Waals surface area contributed by atoms with Crippen LogP contribution in [0.3, 0.4) is 0 Å². The summed E-state index contributed by atoms with van der Waals surface area (Å²) in [5, 5.41) is 26.3. The summed E-state index contributed by atoms with van der Waals surface area (Å²) in [6, 6.07) is 14.9. The van der Waals surface area contributed by atoms with Crippen molar-refractivity contribution in [3.05, 3.63) is 108 Å². The third-order valence-electron chi connectivity index (χ3n) is 12.0. The number of amides is 10. The minimum atomic E-state index is -1.72. The van der Waals surface area contributed by atoms with Crippen LogP contribution in [0.15, 0.2) is 96.1 Å². The van der Waals surface area contributed by atoms with Crippen molar-refractivity contribution >= 4 is 70.2 Å². The number of carbonyl (C=O) groups excluding carboxylic acids is 9. The molecule has 0 bridgehead atoms. The van der Waals surface area contributed by atoms with Gasteiger partial charge >= 0.3 is 12.1 Å². The SMILES string of the molecule is CC(C)C[C@H](NC(=O)NNC(=O)[C@H](Cc1ccccc1)NC(=O)[C@H](CO)NC(=O)[C@H](CC(N)=O)NC(=O)NCCc1c[nH]c2ccccc12)C(=O)N(C)[C@@H](CCCN=C(N)N)C(=O)N[C@@H](Cc1ccccc1)C(=O)CN. The fourth-order valence-electron chi connectivity index (χ4n) is 8.06. The van der Waals surface area contributed by atoms with Gasteiger partial charge in [0.25, 0.3) is 5.91 Å². The molecule has 10 amide bonds. The van der Waals surface area contributed by atoms with Crippen molar-refractivity contribution in [2.24, 2.45) is 33.8 Å². The van der Waals surface area contributed by atoms with Crippen molar-refractivity contribution in [3.8, 4) is 0 Å². The number of primary amides is 1. The lowest BCUT2D eigenvalue weighted by Crippen LogP contribution is -2.61. The summed E-state index contributed by atoms with van der Waals surface area (Å²) in [6.07, 6.45) is 1.89. The summed E-state index contributed by atoms with van der Waals surface area (Å²) in [5.74, 6) is -6.19. The van der Waals surface area contributed by atoms with Gasteiger partial charge in [0.1, 0.15) is 30.2 Å². The number of aliphatic hydroxyl groups excluding tert-OH is 1. The number of rotatable bonds is 29. The molecular weight excluding hydrogens is 983 g/mol. The number of aromatic nitrogens is 1. The van der Waals surface area contributed by atoms with Crippen molar-refractivity contribution in [3.63, 3.8) is 0 Å². The number of fused-ring (bicyclic) bond motifs is 1. The number of carbonyl (C=O) groups is 9. The van der Waals surface area contributed by atoms with Crippen LogP contribution in [0, 0.1) is 5.92 Å². The maximum Gasteiger partial charge on any atom is 0.334 e. The van der Waals surface area contributed by atoms with E-state index in [0.717, 1.165) is 26.9 Å². The average Bonchev–Trinajstić information content (AvgIpc) is 3.80. The van der Waals surface area contributed by atoms with Crippen LogP contribution in [0.25, 0.3) is 10.9 Å². The molecule has 0 unspecified atom stereocenters. The van der Waals surface area contributed by atoms with Gasteiger partial charge in [-0.15, -0.1) is 0 Å². The van der Waals surface area contributed by atoms with Gasteiger partial charge in [0.05, 0.1) is 25.6 Å². The molecule has 3 aromatic carbocycles. The minimum absolute atomic E-state index is 0.0430. The normalized spacial score (nSPS) is 13.3. The number of ketones is 1. The fraction of sp³-hybridized carbons (Fsp3) is 0.412. The van der Waals surface area contributed by atoms with E-state index in [1.54, 1.807) is 74.5 Å². The molecule has 0 saturated heterocycles. The van der Waals surface area contributed by atoms with Crippen LogP contribution in [-0.2, 0) is 52.8 Å². The van der Waals surface area contributed by atoms with E-state index in [2.05, 4.69) is 52.7 Å². The summed E-state index contributed by atoms with van der Waals surface area (Å²) in [5.41, 5.74) is 29.7. The molecular formula is C51H71N15O10. The lowest BCUT2D eigenvalue weighted by Gasteiger charge is -2.32. The number of nitrogens with one attached hydrogen (secondary N) is 9. The summed E-state index contributed by atoms with van der Waals surface area (Å²) in [4.78, 5) is 129. The smallest absolute Gasteiger partial charge is 0.334 e. The Morgan fingerprint density at radius 3 is 1.86 bits per heavy atom. The number of para-hydroxylation sites is 1. The Morgan fingerprint density at radius 2 is 1.25 bits per heavy atom. The molecule has 76 heavy (non-hydrogen) atoms. The second kappa shape index (κ2) is 30.6. The first-order valence-corrected chi connectivity index (χ1v) is 24.7. The Kier molecular flexibility index (Phi) is 24.1. The number of guanidine groups is 1. The standard InChI is InChI=1S/C51H71N15O10/c1-30(2)23-39(48(74)66(3)41(19-12-21-56-49(54)55)47(73)59-36(42(68)27-52)24-31-13-6-4-7-14-31)63-51(76)65-64-46(72)37(25-32-15-8-5-9-16-32)60-45(71)40(29-67)61-44(70)38(26-43(53)69)62-50(75)57-22-20-33-28-58-35-18-11-10-17-34(33)35/h4-11,13-18,28,30,36-41,58,67H,12,19-27,29,52H2,1-3H3,(H2,53,69)(H,59,73)(H,60,71)(H,61,70)(H,64,72)(H4,54,55,56)(H2,57,62,75)(H2,63,65,76)/t36-,37-,38-,39-,40-,41-/m0/s1. The second-order valence-corrected chi connectivity index (χ2v) is 18.3. The van der Waals surface area contributed by atoms with E-state index >= 15 is 0 Å². The Hall–Kier alpha value is -8.58. The number of hydrogen-bond acceptors (Lipinski definition) is 12. The summed E-state index contributed by atoms with van der Waals surface area (Å²) in [7, 11) is 1.37. The summed E-state index contributed by atoms with van der Waals surface area (Å²) in [6.45, 7) is 2.51. The summed E-state index contributed by atoms with van der Waals surface area (Å²) < 4.78 is 0. The monoisotopic (exact) mass is 1050 g/mol. The number of urea groups is 2. The second-order valence-electron chi connectivity index (χ2n) is 18.3. The maximum absolute atomic E-state index is 14.3. The van der Waals surface area contributed by atoms with Gasteiger partial charge in [-0.1, -0.05) is 92.7 Å². The van der Waals surface area contributed by atoms with Crippen LogP contribution in [0.2, 0.25) is 0 Å². The third-order valence-corrected chi connectivity index (χ3v) is 12.0. The van der Waals surface area contributed by atoms with Gasteiger partial charge in [0.15, 0.2) is 11.7 Å². The van der Waals surface area contributed by atoms with E-state index in [0.29, 0.717) is 12.0 Å². The molecule has 410 valence electrons. The Labute approximate surface area is 439 Å². The van der Waals surface area contributed by atoms with Crippen molar-refractivity contribution in [2.75, 3.05) is 33.3 Å². The number of aliphatic imine (C=N–C) groups is 1. The number of aromatic amines is 1. The Bertz CT molecular complexity index is 2630. The van der Waals surface area contributed by atoms with Crippen molar-refractivity contribution in [2.45, 2.75) is 95.0 Å². The largest absolute Gasteiger partial charge is 0.394 e. The zero-order valence-electron chi connectivity index (χ0n) is 42.8. The molecule has 18 N–H and O–H groups in total. The molecule has 6 atom stereocenters. The number of aliphatic hydroxyl groups is 1. The van der Waals surface area contributed by atoms with Crippen LogP contribution < -0.4 is 65.7 Å². The van der Waals surface area contributed by atoms with Crippen LogP contribution in [0.4, 0.5) is 9.59 Å². The van der Waals surface area contributed by atoms with Gasteiger partial charge in [0, 0.05) is 43.7 Å². The van der Waals surface area contributed by atoms with Crippen molar-refractivity contribution in [1.29, 1.82) is 0 Å². The summed E-state index contributed by atoms with van der Waals surface area (Å²) >= 11 is 0. The molecule has 1 heterocycles. The molecule has 1 aromatic heterocycles. The molecule has 4 aromatic rings. The van der Waals surface area contributed by atoms with E-state index in [9.17, 15) is 48.3 Å². The fourth-order valence-corrected chi connectivity index (χ4v) is 8.06. The van der Waals surface area contributed by atoms with E-state index in [1.807, 2.05) is 30.5 Å². The number of likely N-dealkylation sites (N-methyl/N-ethyl adjacent to an activating group) is 1. The lowest BCUT2D eigenvalue weighted by molar-refractivity contribution is -0.141.